The van der Waals surface area contributed by atoms with E-state index in [0.717, 1.165) is 83.5 Å². The van der Waals surface area contributed by atoms with E-state index in [0.29, 0.717) is 32.2 Å². The topological polar surface area (TPSA) is 119 Å². The lowest BCUT2D eigenvalue weighted by molar-refractivity contribution is -0.147. The highest BCUT2D eigenvalue weighted by Gasteiger charge is 2.18. The summed E-state index contributed by atoms with van der Waals surface area (Å²) in [5.74, 6) is -1.30. The highest BCUT2D eigenvalue weighted by atomic mass is 16.5. The molecule has 0 radical (unpaired) electrons. The Morgan fingerprint density at radius 2 is 1.00 bits per heavy atom. The predicted octanol–water partition coefficient (Wildman–Crippen LogP) is 14.1. The highest BCUT2D eigenvalue weighted by Crippen LogP contribution is 2.16. The van der Waals surface area contributed by atoms with Crippen LogP contribution in [0.5, 0.6) is 0 Å². The summed E-state index contributed by atoms with van der Waals surface area (Å²) in [6.45, 7) is 4.82. The number of carbonyl (C=O) groups excluding carboxylic acids is 2. The summed E-state index contributed by atoms with van der Waals surface area (Å²) < 4.78 is 5.94. The van der Waals surface area contributed by atoms with E-state index < -0.39 is 12.0 Å². The summed E-state index contributed by atoms with van der Waals surface area (Å²) in [6, 6.07) is -0.859. The molecule has 0 aliphatic carbocycles. The van der Waals surface area contributed by atoms with Crippen molar-refractivity contribution in [1.29, 1.82) is 0 Å². The minimum Gasteiger partial charge on any atom is -0.480 e. The van der Waals surface area contributed by atoms with Crippen LogP contribution in [-0.4, -0.2) is 41.6 Å². The number of carboxylic acid groups (broad SMARTS) is 1. The third-order valence-corrected chi connectivity index (χ3v) is 10.6. The van der Waals surface area contributed by atoms with Crippen molar-refractivity contribution >= 4 is 17.8 Å². The average Bonchev–Trinajstić information content (AvgIpc) is 3.21. The number of esters is 1. The second-order valence-corrected chi connectivity index (χ2v) is 16.1. The van der Waals surface area contributed by atoms with Crippen LogP contribution in [-0.2, 0) is 19.1 Å². The Kier molecular flexibility index (Phi) is 42.9. The fraction of sp³-hybridized carbons (Fsp3) is 0.745. The third kappa shape index (κ3) is 41.2. The van der Waals surface area contributed by atoms with Crippen molar-refractivity contribution in [3.63, 3.8) is 0 Å². The van der Waals surface area contributed by atoms with Crippen LogP contribution in [0.3, 0.4) is 0 Å². The van der Waals surface area contributed by atoms with Crippen LogP contribution in [0.4, 0.5) is 0 Å². The molecule has 0 heterocycles. The fourth-order valence-corrected chi connectivity index (χ4v) is 6.94. The van der Waals surface area contributed by atoms with Gasteiger partial charge in [0.05, 0.1) is 0 Å². The zero-order valence-electron chi connectivity index (χ0n) is 37.6. The molecule has 0 aromatic carbocycles. The van der Waals surface area contributed by atoms with E-state index in [1.165, 1.54) is 103 Å². The molecule has 7 heteroatoms. The molecule has 0 aliphatic heterocycles. The van der Waals surface area contributed by atoms with Crippen molar-refractivity contribution in [2.45, 2.75) is 238 Å². The number of nitrogens with two attached hydrogens (primary N) is 1. The number of rotatable bonds is 43. The first-order valence-corrected chi connectivity index (χ1v) is 24.1. The van der Waals surface area contributed by atoms with Crippen LogP contribution in [0.25, 0.3) is 0 Å². The van der Waals surface area contributed by atoms with Crippen molar-refractivity contribution in [3.05, 3.63) is 60.8 Å². The van der Waals surface area contributed by atoms with Gasteiger partial charge in [0.2, 0.25) is 5.91 Å². The van der Waals surface area contributed by atoms with Crippen LogP contribution < -0.4 is 11.1 Å². The van der Waals surface area contributed by atoms with E-state index in [1.54, 1.807) is 0 Å². The molecule has 0 aromatic heterocycles. The van der Waals surface area contributed by atoms with Crippen LogP contribution in [0.15, 0.2) is 60.8 Å². The maximum Gasteiger partial charge on any atom is 0.326 e. The highest BCUT2D eigenvalue weighted by molar-refractivity contribution is 5.83. The van der Waals surface area contributed by atoms with Crippen molar-refractivity contribution in [2.75, 3.05) is 6.54 Å². The maximum atomic E-state index is 12.8. The molecule has 58 heavy (non-hydrogen) atoms. The van der Waals surface area contributed by atoms with Crippen molar-refractivity contribution in [2.24, 2.45) is 5.73 Å². The monoisotopic (exact) mass is 811 g/mol. The SMILES string of the molecule is CC/C=C\C/C=C\C/C=C\C(CCCCCCCCC(=O)NC(CCCN)C(=O)O)OC(=O)CCCCCCCCCCCCC/C=C\C/C=C\CCCCCCC. The van der Waals surface area contributed by atoms with Gasteiger partial charge < -0.3 is 20.9 Å². The smallest absolute Gasteiger partial charge is 0.326 e. The molecule has 334 valence electrons. The fourth-order valence-electron chi connectivity index (χ4n) is 6.94. The van der Waals surface area contributed by atoms with Gasteiger partial charge in [-0.3, -0.25) is 9.59 Å². The van der Waals surface area contributed by atoms with Gasteiger partial charge in [-0.1, -0.05) is 178 Å². The van der Waals surface area contributed by atoms with Gasteiger partial charge in [-0.15, -0.1) is 0 Å². The Balaban J connectivity index is 4.13. The number of hydrogen-bond acceptors (Lipinski definition) is 5. The Labute approximate surface area is 357 Å². The van der Waals surface area contributed by atoms with Crippen LogP contribution in [0.2, 0.25) is 0 Å². The molecule has 4 N–H and O–H groups in total. The molecule has 1 amide bonds. The largest absolute Gasteiger partial charge is 0.480 e. The number of aliphatic carboxylic acids is 1. The minimum atomic E-state index is -1.01. The summed E-state index contributed by atoms with van der Waals surface area (Å²) in [4.78, 5) is 36.3. The zero-order valence-corrected chi connectivity index (χ0v) is 37.6. The predicted molar refractivity (Wildman–Crippen MR) is 248 cm³/mol. The normalized spacial score (nSPS) is 13.2. The van der Waals surface area contributed by atoms with E-state index in [9.17, 15) is 19.5 Å². The molecule has 0 aromatic rings. The van der Waals surface area contributed by atoms with E-state index in [-0.39, 0.29) is 18.0 Å². The number of hydrogen-bond donors (Lipinski definition) is 3. The zero-order chi connectivity index (χ0) is 42.4. The van der Waals surface area contributed by atoms with Crippen LogP contribution in [0.1, 0.15) is 226 Å². The van der Waals surface area contributed by atoms with Gasteiger partial charge in [-0.25, -0.2) is 4.79 Å². The Hall–Kier alpha value is -2.93. The maximum absolute atomic E-state index is 12.8. The number of allylic oxidation sites excluding steroid dienone is 9. The van der Waals surface area contributed by atoms with Crippen molar-refractivity contribution < 1.29 is 24.2 Å². The second-order valence-electron chi connectivity index (χ2n) is 16.1. The van der Waals surface area contributed by atoms with Gasteiger partial charge in [-0.05, 0) is 103 Å². The van der Waals surface area contributed by atoms with Gasteiger partial charge in [0.15, 0.2) is 0 Å². The lowest BCUT2D eigenvalue weighted by Gasteiger charge is -2.15. The number of carboxylic acids is 1. The molecule has 7 nitrogen and oxygen atoms in total. The quantitative estimate of drug-likeness (QED) is 0.0321. The lowest BCUT2D eigenvalue weighted by Crippen LogP contribution is -2.40. The molecule has 0 saturated heterocycles. The Morgan fingerprint density at radius 1 is 0.534 bits per heavy atom. The molecule has 2 unspecified atom stereocenters. The number of unbranched alkanes of at least 4 members (excludes halogenated alkanes) is 21. The van der Waals surface area contributed by atoms with Gasteiger partial charge >= 0.3 is 11.9 Å². The van der Waals surface area contributed by atoms with E-state index >= 15 is 0 Å². The Bertz CT molecular complexity index is 1090. The lowest BCUT2D eigenvalue weighted by atomic mass is 10.0. The molecular formula is C51H90N2O5. The number of ether oxygens (including phenoxy) is 1. The van der Waals surface area contributed by atoms with E-state index in [1.807, 2.05) is 0 Å². The Morgan fingerprint density at radius 3 is 1.53 bits per heavy atom. The average molecular weight is 811 g/mol. The molecule has 2 atom stereocenters. The minimum absolute atomic E-state index is 0.0860. The van der Waals surface area contributed by atoms with Crippen molar-refractivity contribution in [1.82, 2.24) is 5.32 Å². The summed E-state index contributed by atoms with van der Waals surface area (Å²) in [5.41, 5.74) is 5.48. The standard InChI is InChI=1S/C51H90N2O5/c1-3-5-7-9-11-13-14-15-16-17-18-19-20-21-22-23-24-25-26-27-29-35-39-45-50(55)58-47(41-36-32-28-12-10-8-6-4-2)42-37-33-30-31-34-38-44-49(54)53-48(51(56)57)43-40-46-52/h6,8,12,14-15,17-18,28,36,41,47-48H,3-5,7,9-11,13,16,19-27,29-35,37-40,42-46,52H2,1-2H3,(H,53,54)(H,56,57)/b8-6-,15-14-,18-17-,28-12-,41-36-. The van der Waals surface area contributed by atoms with Gasteiger partial charge in [-0.2, -0.15) is 0 Å². The van der Waals surface area contributed by atoms with Crippen LogP contribution in [0, 0.1) is 0 Å². The molecule has 0 fully saturated rings. The first-order valence-electron chi connectivity index (χ1n) is 24.1. The molecule has 0 spiro atoms. The van der Waals surface area contributed by atoms with Gasteiger partial charge in [0, 0.05) is 12.8 Å². The second kappa shape index (κ2) is 45.2. The number of nitrogens with one attached hydrogen (secondary N) is 1. The summed E-state index contributed by atoms with van der Waals surface area (Å²) >= 11 is 0. The summed E-state index contributed by atoms with van der Waals surface area (Å²) in [6.07, 6.45) is 57.4. The summed E-state index contributed by atoms with van der Waals surface area (Å²) in [7, 11) is 0. The van der Waals surface area contributed by atoms with Gasteiger partial charge in [0.25, 0.3) is 0 Å². The first-order chi connectivity index (χ1) is 28.4. The molecular weight excluding hydrogens is 721 g/mol. The van der Waals surface area contributed by atoms with Crippen molar-refractivity contribution in [3.8, 4) is 0 Å². The third-order valence-electron chi connectivity index (χ3n) is 10.6. The van der Waals surface area contributed by atoms with Gasteiger partial charge in [0.1, 0.15) is 12.1 Å². The number of amides is 1. The number of carbonyl (C=O) groups is 3. The first kappa shape index (κ1) is 55.1. The van der Waals surface area contributed by atoms with E-state index in [4.69, 9.17) is 10.5 Å². The molecule has 0 aliphatic rings. The molecule has 0 rings (SSSR count). The summed E-state index contributed by atoms with van der Waals surface area (Å²) in [5, 5.41) is 11.9. The molecule has 0 saturated carbocycles. The van der Waals surface area contributed by atoms with E-state index in [2.05, 4.69) is 79.9 Å². The van der Waals surface area contributed by atoms with Crippen LogP contribution >= 0.6 is 0 Å². The molecule has 0 bridgehead atoms.